The van der Waals surface area contributed by atoms with E-state index in [4.69, 9.17) is 11.2 Å². The Hall–Kier alpha value is -2.57. The zero-order chi connectivity index (χ0) is 20.5. The fraction of sp³-hybridized carbons (Fsp3) is 0.500. The van der Waals surface area contributed by atoms with Crippen LogP contribution in [0.15, 0.2) is 33.1 Å². The van der Waals surface area contributed by atoms with Crippen LogP contribution in [-0.4, -0.2) is 57.8 Å². The Morgan fingerprint density at radius 3 is 2.66 bits per heavy atom. The number of benzene rings is 1. The minimum atomic E-state index is -3.83. The summed E-state index contributed by atoms with van der Waals surface area (Å²) in [5.41, 5.74) is 1.26. The number of ether oxygens (including phenoxy) is 1. The van der Waals surface area contributed by atoms with Crippen LogP contribution in [0.25, 0.3) is 0 Å². The zero-order valence-electron chi connectivity index (χ0n) is 16.4. The minimum Gasteiger partial charge on any atom is -0.494 e. The van der Waals surface area contributed by atoms with E-state index >= 15 is 0 Å². The molecule has 3 rings (SSSR count). The van der Waals surface area contributed by atoms with Crippen LogP contribution in [0.4, 0.5) is 0 Å². The van der Waals surface area contributed by atoms with Gasteiger partial charge in [-0.25, -0.2) is 0 Å². The molecule has 0 aromatic heterocycles. The molecule has 2 heterocycles. The molecule has 2 aliphatic heterocycles. The van der Waals surface area contributed by atoms with Gasteiger partial charge in [-0.05, 0) is 50.0 Å². The normalized spacial score (nSPS) is 18.4. The topological polar surface area (TPSA) is 95.4 Å². The Morgan fingerprint density at radius 2 is 1.90 bits per heavy atom. The number of likely N-dealkylation sites (tertiary alicyclic amines) is 1. The van der Waals surface area contributed by atoms with Gasteiger partial charge in [0.1, 0.15) is 5.75 Å². The van der Waals surface area contributed by atoms with Crippen LogP contribution in [0.2, 0.25) is 0 Å². The second-order valence-corrected chi connectivity index (χ2v) is 8.26. The second-order valence-electron chi connectivity index (χ2n) is 7.00. The smallest absolute Gasteiger partial charge is 0.367 e. The Morgan fingerprint density at radius 1 is 1.14 bits per heavy atom. The van der Waals surface area contributed by atoms with Crippen molar-refractivity contribution >= 4 is 21.9 Å². The van der Waals surface area contributed by atoms with Gasteiger partial charge in [-0.1, -0.05) is 24.5 Å². The van der Waals surface area contributed by atoms with Crippen molar-refractivity contribution in [2.24, 2.45) is 8.80 Å². The molecule has 29 heavy (non-hydrogen) atoms. The molecular formula is C20H27N5O3S. The lowest BCUT2D eigenvalue weighted by Gasteiger charge is -2.26. The van der Waals surface area contributed by atoms with Gasteiger partial charge in [-0.15, -0.1) is 15.2 Å². The van der Waals surface area contributed by atoms with Crippen molar-refractivity contribution in [3.8, 4) is 18.1 Å². The highest BCUT2D eigenvalue weighted by Crippen LogP contribution is 2.17. The fourth-order valence-corrected chi connectivity index (χ4v) is 4.09. The summed E-state index contributed by atoms with van der Waals surface area (Å²) in [5, 5.41) is 5.72. The molecule has 0 amide bonds. The van der Waals surface area contributed by atoms with Crippen molar-refractivity contribution in [1.29, 1.82) is 0 Å². The van der Waals surface area contributed by atoms with Crippen LogP contribution in [0.5, 0.6) is 5.75 Å². The third-order valence-electron chi connectivity index (χ3n) is 4.63. The van der Waals surface area contributed by atoms with Gasteiger partial charge in [-0.2, -0.15) is 8.42 Å². The van der Waals surface area contributed by atoms with Crippen molar-refractivity contribution in [2.45, 2.75) is 32.2 Å². The second kappa shape index (κ2) is 10.3. The number of nitrogens with zero attached hydrogens (tertiary/aromatic N) is 3. The standard InChI is InChI=1S/C20H27N5O3S/c1-2-10-21-19-20(24-29(26,27)23-19)22-11-7-14-28-18-9-6-8-17(15-18)16-25-12-4-3-5-13-25/h1,6,8-9,15H,3-5,7,10-14,16H2,(H,21,23)(H,22,24). The van der Waals surface area contributed by atoms with Gasteiger partial charge in [0.05, 0.1) is 13.2 Å². The highest BCUT2D eigenvalue weighted by Gasteiger charge is 2.23. The Kier molecular flexibility index (Phi) is 7.49. The molecule has 1 saturated heterocycles. The van der Waals surface area contributed by atoms with Gasteiger partial charge in [0, 0.05) is 13.1 Å². The van der Waals surface area contributed by atoms with E-state index in [-0.39, 0.29) is 18.2 Å². The number of rotatable bonds is 8. The van der Waals surface area contributed by atoms with Crippen LogP contribution in [0, 0.1) is 12.3 Å². The summed E-state index contributed by atoms with van der Waals surface area (Å²) >= 11 is 0. The summed E-state index contributed by atoms with van der Waals surface area (Å²) < 4.78 is 36.0. The number of hydrogen-bond acceptors (Lipinski definition) is 6. The number of amidine groups is 2. The molecule has 8 nitrogen and oxygen atoms in total. The van der Waals surface area contributed by atoms with E-state index in [1.165, 1.54) is 24.8 Å². The first-order chi connectivity index (χ1) is 14.1. The Labute approximate surface area is 172 Å². The molecule has 0 saturated carbocycles. The number of piperidine rings is 1. The molecular weight excluding hydrogens is 390 g/mol. The van der Waals surface area contributed by atoms with Crippen LogP contribution in [0.1, 0.15) is 31.2 Å². The minimum absolute atomic E-state index is 0.147. The molecule has 0 atom stereocenters. The molecule has 0 aliphatic carbocycles. The molecule has 0 radical (unpaired) electrons. The predicted octanol–water partition coefficient (Wildman–Crippen LogP) is 1.31. The highest BCUT2D eigenvalue weighted by molar-refractivity contribution is 7.89. The van der Waals surface area contributed by atoms with Crippen LogP contribution in [-0.2, 0) is 16.8 Å². The lowest BCUT2D eigenvalue weighted by Crippen LogP contribution is -2.39. The predicted molar refractivity (Wildman–Crippen MR) is 114 cm³/mol. The molecule has 2 aliphatic rings. The van der Waals surface area contributed by atoms with Gasteiger partial charge >= 0.3 is 10.2 Å². The van der Waals surface area contributed by atoms with E-state index in [9.17, 15) is 8.42 Å². The van der Waals surface area contributed by atoms with E-state index in [0.717, 1.165) is 25.4 Å². The van der Waals surface area contributed by atoms with Gasteiger partial charge in [0.15, 0.2) is 11.7 Å². The first-order valence-corrected chi connectivity index (χ1v) is 11.3. The molecule has 0 spiro atoms. The molecule has 1 aromatic rings. The Balaban J connectivity index is 1.41. The van der Waals surface area contributed by atoms with Gasteiger partial charge in [0.25, 0.3) is 0 Å². The van der Waals surface area contributed by atoms with Crippen LogP contribution >= 0.6 is 0 Å². The molecule has 1 aromatic carbocycles. The van der Waals surface area contributed by atoms with Crippen molar-refractivity contribution < 1.29 is 13.2 Å². The SMILES string of the molecule is C#CCNC1=NS(=O)(=O)N=C1NCCCOc1cccc(CN2CCCCC2)c1. The molecule has 2 N–H and O–H groups in total. The van der Waals surface area contributed by atoms with Crippen molar-refractivity contribution in [2.75, 3.05) is 32.8 Å². The quantitative estimate of drug-likeness (QED) is 0.489. The molecule has 0 unspecified atom stereocenters. The van der Waals surface area contributed by atoms with Crippen molar-refractivity contribution in [3.63, 3.8) is 0 Å². The van der Waals surface area contributed by atoms with Gasteiger partial charge in [0.2, 0.25) is 0 Å². The maximum atomic E-state index is 11.5. The van der Waals surface area contributed by atoms with Gasteiger partial charge in [-0.3, -0.25) is 4.90 Å². The van der Waals surface area contributed by atoms with Crippen LogP contribution in [0.3, 0.4) is 0 Å². The summed E-state index contributed by atoms with van der Waals surface area (Å²) in [6, 6.07) is 8.19. The molecule has 1 fully saturated rings. The van der Waals surface area contributed by atoms with E-state index in [2.05, 4.69) is 42.4 Å². The first kappa shape index (κ1) is 21.1. The van der Waals surface area contributed by atoms with E-state index in [1.54, 1.807) is 0 Å². The third kappa shape index (κ3) is 6.76. The largest absolute Gasteiger partial charge is 0.494 e. The van der Waals surface area contributed by atoms with E-state index in [0.29, 0.717) is 19.6 Å². The zero-order valence-corrected chi connectivity index (χ0v) is 17.2. The highest BCUT2D eigenvalue weighted by atomic mass is 32.2. The number of hydrogen-bond donors (Lipinski definition) is 2. The summed E-state index contributed by atoms with van der Waals surface area (Å²) in [7, 11) is -3.83. The Bertz CT molecular complexity index is 899. The maximum Gasteiger partial charge on any atom is 0.367 e. The number of nitrogens with one attached hydrogen (secondary N) is 2. The first-order valence-electron chi connectivity index (χ1n) is 9.86. The number of terminal acetylenes is 1. The summed E-state index contributed by atoms with van der Waals surface area (Å²) in [4.78, 5) is 2.48. The van der Waals surface area contributed by atoms with Crippen LogP contribution < -0.4 is 15.4 Å². The summed E-state index contributed by atoms with van der Waals surface area (Å²) in [5.74, 6) is 3.55. The van der Waals surface area contributed by atoms with E-state index < -0.39 is 10.2 Å². The lowest BCUT2D eigenvalue weighted by atomic mass is 10.1. The summed E-state index contributed by atoms with van der Waals surface area (Å²) in [6.45, 7) is 4.46. The monoisotopic (exact) mass is 417 g/mol. The third-order valence-corrected chi connectivity index (χ3v) is 5.46. The van der Waals surface area contributed by atoms with Crippen molar-refractivity contribution in [3.05, 3.63) is 29.8 Å². The van der Waals surface area contributed by atoms with E-state index in [1.807, 2.05) is 12.1 Å². The van der Waals surface area contributed by atoms with Crippen molar-refractivity contribution in [1.82, 2.24) is 15.5 Å². The average molecular weight is 418 g/mol. The molecule has 156 valence electrons. The fourth-order valence-electron chi connectivity index (χ4n) is 3.28. The summed E-state index contributed by atoms with van der Waals surface area (Å²) in [6.07, 6.45) is 9.75. The lowest BCUT2D eigenvalue weighted by molar-refractivity contribution is 0.220. The molecule has 0 bridgehead atoms. The molecule has 9 heteroatoms. The van der Waals surface area contributed by atoms with Gasteiger partial charge < -0.3 is 15.4 Å². The average Bonchev–Trinajstić information content (AvgIpc) is 3.00. The maximum absolute atomic E-state index is 11.5.